The van der Waals surface area contributed by atoms with Crippen LogP contribution in [-0.4, -0.2) is 11.7 Å². The number of hydrogen-bond acceptors (Lipinski definition) is 3. The molecule has 0 unspecified atom stereocenters. The molecule has 1 aromatic heterocycles. The van der Waals surface area contributed by atoms with Gasteiger partial charge < -0.3 is 5.11 Å². The summed E-state index contributed by atoms with van der Waals surface area (Å²) >= 11 is 3.60. The number of aliphatic hydroxyl groups is 1. The van der Waals surface area contributed by atoms with Gasteiger partial charge in [0.2, 0.25) is 0 Å². The van der Waals surface area contributed by atoms with Crippen molar-refractivity contribution in [2.75, 3.05) is 6.61 Å². The molecule has 0 aliphatic heterocycles. The number of thiophene rings is 1. The molecule has 2 aromatic rings. The van der Waals surface area contributed by atoms with Crippen molar-refractivity contribution in [1.82, 2.24) is 0 Å². The van der Waals surface area contributed by atoms with E-state index < -0.39 is 0 Å². The predicted octanol–water partition coefficient (Wildman–Crippen LogP) is 4.08. The van der Waals surface area contributed by atoms with Crippen LogP contribution in [0.2, 0.25) is 0 Å². The van der Waals surface area contributed by atoms with Crippen LogP contribution in [0.15, 0.2) is 40.6 Å². The van der Waals surface area contributed by atoms with E-state index in [2.05, 4.69) is 54.5 Å². The SMILES string of the molecule is Cc1cccc(SCc2cc(C#CCCO)cs2)c1. The molecule has 1 N–H and O–H groups in total. The van der Waals surface area contributed by atoms with E-state index in [0.717, 1.165) is 11.3 Å². The monoisotopic (exact) mass is 288 g/mol. The molecule has 0 amide bonds. The van der Waals surface area contributed by atoms with Crippen molar-refractivity contribution in [3.8, 4) is 11.8 Å². The summed E-state index contributed by atoms with van der Waals surface area (Å²) in [6.45, 7) is 2.25. The van der Waals surface area contributed by atoms with Gasteiger partial charge in [-0.25, -0.2) is 0 Å². The number of rotatable bonds is 4. The Bertz CT molecular complexity index is 590. The lowest BCUT2D eigenvalue weighted by Crippen LogP contribution is -1.77. The molecule has 19 heavy (non-hydrogen) atoms. The zero-order chi connectivity index (χ0) is 13.5. The smallest absolute Gasteiger partial charge is 0.0540 e. The van der Waals surface area contributed by atoms with Gasteiger partial charge in [0.15, 0.2) is 0 Å². The summed E-state index contributed by atoms with van der Waals surface area (Å²) in [4.78, 5) is 2.64. The van der Waals surface area contributed by atoms with Gasteiger partial charge in [-0.15, -0.1) is 23.1 Å². The summed E-state index contributed by atoms with van der Waals surface area (Å²) in [6.07, 6.45) is 0.545. The van der Waals surface area contributed by atoms with Crippen LogP contribution < -0.4 is 0 Å². The lowest BCUT2D eigenvalue weighted by Gasteiger charge is -2.00. The Morgan fingerprint density at radius 3 is 3.00 bits per heavy atom. The minimum atomic E-state index is 0.132. The fourth-order valence-electron chi connectivity index (χ4n) is 1.60. The molecule has 0 saturated carbocycles. The molecule has 0 aliphatic rings. The number of benzene rings is 1. The average molecular weight is 288 g/mol. The molecule has 0 fully saturated rings. The fraction of sp³-hybridized carbons (Fsp3) is 0.250. The van der Waals surface area contributed by atoms with E-state index >= 15 is 0 Å². The molecule has 1 aromatic carbocycles. The van der Waals surface area contributed by atoms with Crippen molar-refractivity contribution in [3.63, 3.8) is 0 Å². The Morgan fingerprint density at radius 2 is 2.21 bits per heavy atom. The molecule has 1 nitrogen and oxygen atoms in total. The minimum Gasteiger partial charge on any atom is -0.395 e. The number of aryl methyl sites for hydroxylation is 1. The standard InChI is InChI=1S/C16H16OS2/c1-13-5-4-7-15(9-13)19-12-16-10-14(11-18-16)6-2-3-8-17/h4-5,7,9-11,17H,3,8,12H2,1H3. The van der Waals surface area contributed by atoms with E-state index in [1.165, 1.54) is 15.3 Å². The van der Waals surface area contributed by atoms with Gasteiger partial charge >= 0.3 is 0 Å². The van der Waals surface area contributed by atoms with Crippen molar-refractivity contribution in [2.24, 2.45) is 0 Å². The maximum atomic E-state index is 8.68. The van der Waals surface area contributed by atoms with E-state index in [1.54, 1.807) is 11.3 Å². The average Bonchev–Trinajstić information content (AvgIpc) is 2.85. The fourth-order valence-corrected chi connectivity index (χ4v) is 3.49. The van der Waals surface area contributed by atoms with Crippen LogP contribution in [0.1, 0.15) is 22.4 Å². The highest BCUT2D eigenvalue weighted by atomic mass is 32.2. The van der Waals surface area contributed by atoms with Crippen LogP contribution in [-0.2, 0) is 5.75 Å². The lowest BCUT2D eigenvalue weighted by atomic mass is 10.2. The molecule has 0 aliphatic carbocycles. The molecular formula is C16H16OS2. The van der Waals surface area contributed by atoms with Crippen molar-refractivity contribution >= 4 is 23.1 Å². The summed E-state index contributed by atoms with van der Waals surface area (Å²) in [5, 5.41) is 10.8. The highest BCUT2D eigenvalue weighted by molar-refractivity contribution is 7.98. The first-order valence-corrected chi connectivity index (χ1v) is 8.01. The third-order valence-electron chi connectivity index (χ3n) is 2.49. The molecule has 0 bridgehead atoms. The van der Waals surface area contributed by atoms with Crippen molar-refractivity contribution < 1.29 is 5.11 Å². The van der Waals surface area contributed by atoms with Gasteiger partial charge in [-0.3, -0.25) is 0 Å². The van der Waals surface area contributed by atoms with Crippen LogP contribution in [0.25, 0.3) is 0 Å². The second-order valence-electron chi connectivity index (χ2n) is 4.18. The van der Waals surface area contributed by atoms with Gasteiger partial charge in [-0.2, -0.15) is 0 Å². The third kappa shape index (κ3) is 4.76. The van der Waals surface area contributed by atoms with Crippen molar-refractivity contribution in [1.29, 1.82) is 0 Å². The Kier molecular flexibility index (Phi) is 5.53. The summed E-state index contributed by atoms with van der Waals surface area (Å²) in [6, 6.07) is 10.7. The molecule has 2 rings (SSSR count). The van der Waals surface area contributed by atoms with E-state index in [0.29, 0.717) is 6.42 Å². The van der Waals surface area contributed by atoms with Gasteiger partial charge in [0, 0.05) is 32.9 Å². The summed E-state index contributed by atoms with van der Waals surface area (Å²) in [5.41, 5.74) is 2.35. The molecule has 0 spiro atoms. The van der Waals surface area contributed by atoms with E-state index in [9.17, 15) is 0 Å². The summed E-state index contributed by atoms with van der Waals surface area (Å²) < 4.78 is 0. The Balaban J connectivity index is 1.92. The van der Waals surface area contributed by atoms with Gasteiger partial charge in [-0.1, -0.05) is 29.5 Å². The molecular weight excluding hydrogens is 272 g/mol. The van der Waals surface area contributed by atoms with Gasteiger partial charge in [-0.05, 0) is 25.1 Å². The van der Waals surface area contributed by atoms with Gasteiger partial charge in [0.25, 0.3) is 0 Å². The minimum absolute atomic E-state index is 0.132. The first-order chi connectivity index (χ1) is 9.28. The molecule has 0 atom stereocenters. The van der Waals surface area contributed by atoms with E-state index in [4.69, 9.17) is 5.11 Å². The summed E-state index contributed by atoms with van der Waals surface area (Å²) in [5.74, 6) is 6.99. The quantitative estimate of drug-likeness (QED) is 0.675. The number of hydrogen-bond donors (Lipinski definition) is 1. The normalized spacial score (nSPS) is 10.0. The number of thioether (sulfide) groups is 1. The topological polar surface area (TPSA) is 20.2 Å². The van der Waals surface area contributed by atoms with Crippen LogP contribution in [0.3, 0.4) is 0 Å². The third-order valence-corrected chi connectivity index (χ3v) is 4.66. The zero-order valence-electron chi connectivity index (χ0n) is 10.8. The molecule has 3 heteroatoms. The van der Waals surface area contributed by atoms with Crippen molar-refractivity contribution in [3.05, 3.63) is 51.7 Å². The Hall–Kier alpha value is -1.21. The number of aliphatic hydroxyl groups excluding tert-OH is 1. The first kappa shape index (κ1) is 14.2. The first-order valence-electron chi connectivity index (χ1n) is 6.14. The maximum absolute atomic E-state index is 8.68. The van der Waals surface area contributed by atoms with Crippen LogP contribution in [0.4, 0.5) is 0 Å². The zero-order valence-corrected chi connectivity index (χ0v) is 12.5. The molecule has 0 radical (unpaired) electrons. The van der Waals surface area contributed by atoms with Gasteiger partial charge in [0.1, 0.15) is 0 Å². The highest BCUT2D eigenvalue weighted by Crippen LogP contribution is 2.26. The lowest BCUT2D eigenvalue weighted by molar-refractivity contribution is 0.305. The molecule has 0 saturated heterocycles. The maximum Gasteiger partial charge on any atom is 0.0540 e. The Labute approximate surface area is 122 Å². The highest BCUT2D eigenvalue weighted by Gasteiger charge is 2.00. The molecule has 98 valence electrons. The summed E-state index contributed by atoms with van der Waals surface area (Å²) in [7, 11) is 0. The molecule has 1 heterocycles. The van der Waals surface area contributed by atoms with Crippen LogP contribution >= 0.6 is 23.1 Å². The second kappa shape index (κ2) is 7.40. The Morgan fingerprint density at radius 1 is 1.32 bits per heavy atom. The van der Waals surface area contributed by atoms with E-state index in [-0.39, 0.29) is 6.61 Å². The largest absolute Gasteiger partial charge is 0.395 e. The predicted molar refractivity (Wildman–Crippen MR) is 83.6 cm³/mol. The van der Waals surface area contributed by atoms with Crippen molar-refractivity contribution in [2.45, 2.75) is 24.0 Å². The van der Waals surface area contributed by atoms with E-state index in [1.807, 2.05) is 11.8 Å². The second-order valence-corrected chi connectivity index (χ2v) is 6.23. The van der Waals surface area contributed by atoms with Crippen LogP contribution in [0, 0.1) is 18.8 Å². The van der Waals surface area contributed by atoms with Gasteiger partial charge in [0.05, 0.1) is 6.61 Å². The van der Waals surface area contributed by atoms with Crippen LogP contribution in [0.5, 0.6) is 0 Å².